The smallest absolute Gasteiger partial charge is 0.467 e. The van der Waals surface area contributed by atoms with Gasteiger partial charge in [0.25, 0.3) is 0 Å². The van der Waals surface area contributed by atoms with Crippen LogP contribution in [-0.4, -0.2) is 61.6 Å². The maximum atomic E-state index is 12.9. The second-order valence-corrected chi connectivity index (χ2v) is 20.4. The lowest BCUT2D eigenvalue weighted by molar-refractivity contribution is -0.143. The van der Waals surface area contributed by atoms with Crippen molar-refractivity contribution >= 4 is 43.8 Å². The Balaban J connectivity index is 2.21. The van der Waals surface area contributed by atoms with Gasteiger partial charge in [-0.3, -0.25) is 0 Å². The summed E-state index contributed by atoms with van der Waals surface area (Å²) in [6.45, 7) is 27.6. The molecule has 1 aromatic heterocycles. The molecule has 2 heterocycles. The van der Waals surface area contributed by atoms with Crippen LogP contribution in [0.25, 0.3) is 10.9 Å². The summed E-state index contributed by atoms with van der Waals surface area (Å²) in [4.78, 5) is 25.6. The number of nitrogens with one attached hydrogen (secondary N) is 1. The second-order valence-electron chi connectivity index (χ2n) is 14.7. The number of hydrogen-bond donors (Lipinski definition) is 1. The van der Waals surface area contributed by atoms with E-state index in [4.69, 9.17) is 18.8 Å². The van der Waals surface area contributed by atoms with E-state index in [0.29, 0.717) is 16.6 Å². The molecule has 0 bridgehead atoms. The van der Waals surface area contributed by atoms with Gasteiger partial charge in [-0.25, -0.2) is 9.59 Å². The highest BCUT2D eigenvalue weighted by molar-refractivity contribution is 6.82. The molecule has 0 spiro atoms. The summed E-state index contributed by atoms with van der Waals surface area (Å²) in [6, 6.07) is 5.45. The lowest BCUT2D eigenvalue weighted by atomic mass is 9.78. The van der Waals surface area contributed by atoms with Crippen LogP contribution in [0.4, 0.5) is 4.79 Å². The Hall–Kier alpha value is -2.30. The number of amides is 1. The Kier molecular flexibility index (Phi) is 9.77. The first-order chi connectivity index (χ1) is 19.2. The zero-order valence-corrected chi connectivity index (χ0v) is 29.3. The molecule has 1 aliphatic rings. The van der Waals surface area contributed by atoms with Crippen LogP contribution in [0, 0.1) is 0 Å². The number of esters is 1. The number of alkyl carbamates (subject to hydrolysis) is 1. The van der Waals surface area contributed by atoms with Crippen molar-refractivity contribution in [2.75, 3.05) is 7.11 Å². The molecule has 1 N–H and O–H groups in total. The lowest BCUT2D eigenvalue weighted by Crippen LogP contribution is -2.51. The van der Waals surface area contributed by atoms with Crippen LogP contribution in [0.1, 0.15) is 95.6 Å². The van der Waals surface area contributed by atoms with Crippen LogP contribution in [0.15, 0.2) is 24.4 Å². The Bertz CT molecular complexity index is 1260. The highest BCUT2D eigenvalue weighted by Gasteiger charge is 2.52. The van der Waals surface area contributed by atoms with E-state index in [9.17, 15) is 9.59 Å². The molecule has 0 aliphatic carbocycles. The van der Waals surface area contributed by atoms with Crippen molar-refractivity contribution < 1.29 is 28.4 Å². The molecule has 1 atom stereocenters. The van der Waals surface area contributed by atoms with Gasteiger partial charge in [-0.15, -0.1) is 0 Å². The fourth-order valence-electron chi connectivity index (χ4n) is 6.76. The van der Waals surface area contributed by atoms with Gasteiger partial charge in [0.05, 0.1) is 18.3 Å². The molecular weight excluding hydrogens is 547 g/mol. The van der Waals surface area contributed by atoms with Crippen molar-refractivity contribution in [3.05, 3.63) is 30.0 Å². The van der Waals surface area contributed by atoms with Crippen LogP contribution in [0.3, 0.4) is 0 Å². The summed E-state index contributed by atoms with van der Waals surface area (Å²) in [5, 5.41) is 3.79. The van der Waals surface area contributed by atoms with E-state index in [2.05, 4.69) is 103 Å². The fraction of sp³-hybridized carbons (Fsp3) is 0.688. The van der Waals surface area contributed by atoms with Crippen LogP contribution >= 0.6 is 0 Å². The van der Waals surface area contributed by atoms with Gasteiger partial charge in [-0.1, -0.05) is 53.7 Å². The minimum Gasteiger partial charge on any atom is -0.467 e. The van der Waals surface area contributed by atoms with Gasteiger partial charge in [0.1, 0.15) is 11.6 Å². The monoisotopic (exact) mass is 600 g/mol. The number of fused-ring (bicyclic) bond motifs is 1. The molecule has 1 amide bonds. The average Bonchev–Trinajstić information content (AvgIpc) is 3.29. The molecule has 3 rings (SSSR count). The third kappa shape index (κ3) is 6.45. The molecular formula is C32H53BN2O6Si. The molecule has 10 heteroatoms. The third-order valence-corrected chi connectivity index (χ3v) is 16.0. The summed E-state index contributed by atoms with van der Waals surface area (Å²) in [7, 11) is -1.37. The number of nitrogens with zero attached hydrogens (tertiary/aromatic N) is 1. The van der Waals surface area contributed by atoms with Crippen molar-refractivity contribution in [1.82, 2.24) is 9.55 Å². The van der Waals surface area contributed by atoms with Crippen LogP contribution in [0.2, 0.25) is 16.6 Å². The minimum absolute atomic E-state index is 0.268. The Labute approximate surface area is 254 Å². The first-order valence-electron chi connectivity index (χ1n) is 15.2. The molecule has 2 aromatic rings. The highest BCUT2D eigenvalue weighted by atomic mass is 28.3. The molecule has 234 valence electrons. The van der Waals surface area contributed by atoms with Crippen molar-refractivity contribution in [2.24, 2.45) is 0 Å². The van der Waals surface area contributed by atoms with E-state index >= 15 is 0 Å². The quantitative estimate of drug-likeness (QED) is 0.259. The summed E-state index contributed by atoms with van der Waals surface area (Å²) in [6.07, 6.45) is 1.83. The summed E-state index contributed by atoms with van der Waals surface area (Å²) < 4.78 is 26.0. The third-order valence-electron chi connectivity index (χ3n) is 9.23. The van der Waals surface area contributed by atoms with Crippen molar-refractivity contribution in [1.29, 1.82) is 0 Å². The summed E-state index contributed by atoms with van der Waals surface area (Å²) in [5.41, 5.74) is 2.76. The van der Waals surface area contributed by atoms with E-state index in [1.807, 2.05) is 0 Å². The van der Waals surface area contributed by atoms with Gasteiger partial charge in [-0.05, 0) is 88.4 Å². The van der Waals surface area contributed by atoms with E-state index in [1.165, 1.54) is 7.11 Å². The van der Waals surface area contributed by atoms with Gasteiger partial charge in [0.2, 0.25) is 0 Å². The molecule has 0 saturated carbocycles. The normalized spacial score (nSPS) is 17.8. The highest BCUT2D eigenvalue weighted by Crippen LogP contribution is 2.45. The van der Waals surface area contributed by atoms with E-state index in [1.54, 1.807) is 20.8 Å². The zero-order chi connectivity index (χ0) is 32.0. The fourth-order valence-corrected chi connectivity index (χ4v) is 13.4. The number of carbonyl (C=O) groups excluding carboxylic acids is 2. The molecule has 0 radical (unpaired) electrons. The van der Waals surface area contributed by atoms with Crippen LogP contribution < -0.4 is 10.8 Å². The maximum absolute atomic E-state index is 12.9. The van der Waals surface area contributed by atoms with Crippen LogP contribution in [-0.2, 0) is 30.0 Å². The SMILES string of the molecule is COC(=O)[C@H](Cc1cn([Si](C(C)C)(C(C)C)C(C)C)c2cc(B3OC(C)(C)C(C)(C)O3)ccc12)NC(=O)OC(C)(C)C. The first kappa shape index (κ1) is 34.2. The van der Waals surface area contributed by atoms with Gasteiger partial charge in [-0.2, -0.15) is 0 Å². The second kappa shape index (κ2) is 12.0. The minimum atomic E-state index is -2.21. The standard InChI is InChI=1S/C32H53BN2O6Si/c1-20(2)42(21(3)4,22(5)6)35-19-23(17-26(28(36)38-14)34-29(37)39-30(7,8)9)25-16-15-24(18-27(25)35)33-40-31(10,11)32(12,13)41-33/h15-16,18-22,26H,17H2,1-14H3,(H,34,37)/t26-/m0/s1. The molecule has 1 aliphatic heterocycles. The van der Waals surface area contributed by atoms with Gasteiger partial charge >= 0.3 is 19.2 Å². The van der Waals surface area contributed by atoms with Crippen molar-refractivity contribution in [3.8, 4) is 0 Å². The Morgan fingerprint density at radius 3 is 1.95 bits per heavy atom. The summed E-state index contributed by atoms with van der Waals surface area (Å²) in [5.74, 6) is -0.518. The predicted molar refractivity (Wildman–Crippen MR) is 173 cm³/mol. The number of aromatic nitrogens is 1. The molecule has 1 aromatic carbocycles. The predicted octanol–water partition coefficient (Wildman–Crippen LogP) is 6.57. The van der Waals surface area contributed by atoms with Gasteiger partial charge in [0, 0.05) is 17.3 Å². The molecule has 8 nitrogen and oxygen atoms in total. The molecule has 0 unspecified atom stereocenters. The number of hydrogen-bond acceptors (Lipinski definition) is 6. The Morgan fingerprint density at radius 1 is 0.976 bits per heavy atom. The largest absolute Gasteiger partial charge is 0.494 e. The molecule has 1 fully saturated rings. The van der Waals surface area contributed by atoms with Gasteiger partial charge in [0.15, 0.2) is 8.24 Å². The number of methoxy groups -OCH3 is 1. The zero-order valence-electron chi connectivity index (χ0n) is 28.3. The van der Waals surface area contributed by atoms with Crippen LogP contribution in [0.5, 0.6) is 0 Å². The average molecular weight is 601 g/mol. The van der Waals surface area contributed by atoms with Crippen molar-refractivity contribution in [2.45, 2.75) is 136 Å². The van der Waals surface area contributed by atoms with E-state index in [0.717, 1.165) is 21.9 Å². The topological polar surface area (TPSA) is 88.0 Å². The van der Waals surface area contributed by atoms with E-state index in [-0.39, 0.29) is 6.42 Å². The maximum Gasteiger partial charge on any atom is 0.494 e. The number of benzene rings is 1. The van der Waals surface area contributed by atoms with Crippen molar-refractivity contribution in [3.63, 3.8) is 0 Å². The number of ether oxygens (including phenoxy) is 2. The Morgan fingerprint density at radius 2 is 1.50 bits per heavy atom. The first-order valence-corrected chi connectivity index (χ1v) is 17.4. The lowest BCUT2D eigenvalue weighted by Gasteiger charge is -2.44. The number of rotatable bonds is 9. The van der Waals surface area contributed by atoms with E-state index < -0.39 is 50.3 Å². The molecule has 1 saturated heterocycles. The molecule has 42 heavy (non-hydrogen) atoms. The number of carbonyl (C=O) groups is 2. The summed E-state index contributed by atoms with van der Waals surface area (Å²) >= 11 is 0. The van der Waals surface area contributed by atoms with Gasteiger partial charge < -0.3 is 28.3 Å².